The molecular weight excluding hydrogens is 392 g/mol. The number of amides is 4. The van der Waals surface area contributed by atoms with Gasteiger partial charge in [-0.25, -0.2) is 4.79 Å². The van der Waals surface area contributed by atoms with Crippen molar-refractivity contribution >= 4 is 17.8 Å². The maximum absolute atomic E-state index is 13.6. The van der Waals surface area contributed by atoms with Crippen LogP contribution in [0.1, 0.15) is 51.4 Å². The standard InChI is InChI=1S/C24H38N4O3/c1-25(2)23(31)28-5-3-20(4-6-28)21(29)26-7-9-27(10-8-26)22(30)24-14-17-11-18(15-24)13-19(12-17)16-24/h17-20H,3-16H2,1-2H3. The van der Waals surface area contributed by atoms with E-state index in [1.807, 2.05) is 9.80 Å². The molecule has 31 heavy (non-hydrogen) atoms. The van der Waals surface area contributed by atoms with Crippen LogP contribution in [0.2, 0.25) is 0 Å². The van der Waals surface area contributed by atoms with Gasteiger partial charge in [0.15, 0.2) is 0 Å². The molecule has 2 saturated heterocycles. The van der Waals surface area contributed by atoms with E-state index in [2.05, 4.69) is 4.90 Å². The van der Waals surface area contributed by atoms with Gasteiger partial charge in [-0.3, -0.25) is 9.59 Å². The largest absolute Gasteiger partial charge is 0.339 e. The fourth-order valence-corrected chi connectivity index (χ4v) is 7.70. The SMILES string of the molecule is CN(C)C(=O)N1CCC(C(=O)N2CCN(C(=O)C34CC5CC(CC(C5)C3)C4)CC2)CC1. The van der Waals surface area contributed by atoms with Gasteiger partial charge in [0.1, 0.15) is 0 Å². The van der Waals surface area contributed by atoms with E-state index in [0.717, 1.165) is 49.9 Å². The second-order valence-electron chi connectivity index (χ2n) is 11.3. The molecule has 6 aliphatic rings. The molecule has 0 aromatic rings. The zero-order valence-corrected chi connectivity index (χ0v) is 19.2. The highest BCUT2D eigenvalue weighted by molar-refractivity contribution is 5.84. The lowest BCUT2D eigenvalue weighted by Gasteiger charge is -2.57. The lowest BCUT2D eigenvalue weighted by molar-refractivity contribution is -0.161. The number of hydrogen-bond acceptors (Lipinski definition) is 3. The summed E-state index contributed by atoms with van der Waals surface area (Å²) in [6.07, 6.45) is 8.88. The molecule has 4 aliphatic carbocycles. The highest BCUT2D eigenvalue weighted by Gasteiger charge is 2.55. The molecule has 4 bridgehead atoms. The van der Waals surface area contributed by atoms with Crippen LogP contribution in [0.3, 0.4) is 0 Å². The second-order valence-corrected chi connectivity index (χ2v) is 11.3. The van der Waals surface area contributed by atoms with Crippen molar-refractivity contribution in [2.75, 3.05) is 53.4 Å². The van der Waals surface area contributed by atoms with Crippen molar-refractivity contribution in [2.24, 2.45) is 29.1 Å². The summed E-state index contributed by atoms with van der Waals surface area (Å²) in [5.41, 5.74) is -0.0767. The summed E-state index contributed by atoms with van der Waals surface area (Å²) in [6.45, 7) is 3.99. The van der Waals surface area contributed by atoms with Gasteiger partial charge in [0, 0.05) is 59.3 Å². The summed E-state index contributed by atoms with van der Waals surface area (Å²) in [5.74, 6) is 2.97. The van der Waals surface area contributed by atoms with E-state index in [1.54, 1.807) is 19.0 Å². The number of piperidine rings is 1. The molecule has 2 heterocycles. The number of nitrogens with zero attached hydrogens (tertiary/aromatic N) is 4. The predicted octanol–water partition coefficient (Wildman–Crippen LogP) is 2.27. The van der Waals surface area contributed by atoms with Crippen LogP contribution in [0.25, 0.3) is 0 Å². The zero-order chi connectivity index (χ0) is 21.8. The van der Waals surface area contributed by atoms with Gasteiger partial charge in [-0.05, 0) is 69.1 Å². The molecule has 7 nitrogen and oxygen atoms in total. The molecular formula is C24H38N4O3. The Balaban J connectivity index is 1.13. The summed E-state index contributed by atoms with van der Waals surface area (Å²) in [4.78, 5) is 46.2. The van der Waals surface area contributed by atoms with Crippen molar-refractivity contribution in [1.29, 1.82) is 0 Å². The molecule has 0 aromatic heterocycles. The monoisotopic (exact) mass is 430 g/mol. The first-order valence-corrected chi connectivity index (χ1v) is 12.4. The Labute approximate surface area is 186 Å². The number of piperazine rings is 1. The Morgan fingerprint density at radius 1 is 0.710 bits per heavy atom. The molecule has 2 aliphatic heterocycles. The summed E-state index contributed by atoms with van der Waals surface area (Å²) in [7, 11) is 3.54. The van der Waals surface area contributed by atoms with Crippen LogP contribution in [0.15, 0.2) is 0 Å². The Bertz CT molecular complexity index is 700. The van der Waals surface area contributed by atoms with Crippen LogP contribution in [0.4, 0.5) is 4.79 Å². The number of carbonyl (C=O) groups excluding carboxylic acids is 3. The topological polar surface area (TPSA) is 64.2 Å². The minimum Gasteiger partial charge on any atom is -0.339 e. The van der Waals surface area contributed by atoms with Gasteiger partial charge < -0.3 is 19.6 Å². The summed E-state index contributed by atoms with van der Waals surface area (Å²) in [6, 6.07) is 0.0303. The zero-order valence-electron chi connectivity index (χ0n) is 19.2. The molecule has 0 spiro atoms. The van der Waals surface area contributed by atoms with Crippen LogP contribution in [-0.4, -0.2) is 90.8 Å². The molecule has 0 aromatic carbocycles. The average molecular weight is 431 g/mol. The van der Waals surface area contributed by atoms with Crippen molar-refractivity contribution in [3.05, 3.63) is 0 Å². The van der Waals surface area contributed by atoms with Crippen molar-refractivity contribution < 1.29 is 14.4 Å². The first-order chi connectivity index (χ1) is 14.8. The van der Waals surface area contributed by atoms with E-state index >= 15 is 0 Å². The van der Waals surface area contributed by atoms with Crippen molar-refractivity contribution in [2.45, 2.75) is 51.4 Å². The maximum Gasteiger partial charge on any atom is 0.319 e. The molecule has 0 atom stereocenters. The third-order valence-electron chi connectivity index (χ3n) is 8.87. The van der Waals surface area contributed by atoms with Gasteiger partial charge in [-0.15, -0.1) is 0 Å². The summed E-state index contributed by atoms with van der Waals surface area (Å²) < 4.78 is 0. The minimum absolute atomic E-state index is 0.0108. The highest BCUT2D eigenvalue weighted by Crippen LogP contribution is 2.60. The lowest BCUT2D eigenvalue weighted by Crippen LogP contribution is -2.59. The van der Waals surface area contributed by atoms with E-state index in [-0.39, 0.29) is 23.3 Å². The Hall–Kier alpha value is -1.79. The third-order valence-corrected chi connectivity index (χ3v) is 8.87. The molecule has 6 rings (SSSR count). The first kappa shape index (κ1) is 21.1. The third kappa shape index (κ3) is 3.82. The quantitative estimate of drug-likeness (QED) is 0.675. The van der Waals surface area contributed by atoms with Crippen LogP contribution < -0.4 is 0 Å². The smallest absolute Gasteiger partial charge is 0.319 e. The van der Waals surface area contributed by atoms with Crippen molar-refractivity contribution in [1.82, 2.24) is 19.6 Å². The van der Waals surface area contributed by atoms with Crippen LogP contribution in [0, 0.1) is 29.1 Å². The number of urea groups is 1. The molecule has 0 N–H and O–H groups in total. The van der Waals surface area contributed by atoms with E-state index in [9.17, 15) is 14.4 Å². The van der Waals surface area contributed by atoms with Crippen molar-refractivity contribution in [3.63, 3.8) is 0 Å². The number of carbonyl (C=O) groups is 3. The number of likely N-dealkylation sites (tertiary alicyclic amines) is 1. The molecule has 172 valence electrons. The van der Waals surface area contributed by atoms with Gasteiger partial charge in [-0.1, -0.05) is 0 Å². The van der Waals surface area contributed by atoms with Gasteiger partial charge >= 0.3 is 6.03 Å². The molecule has 4 amide bonds. The Morgan fingerprint density at radius 3 is 1.68 bits per heavy atom. The average Bonchev–Trinajstić information content (AvgIpc) is 2.77. The van der Waals surface area contributed by atoms with E-state index < -0.39 is 0 Å². The Morgan fingerprint density at radius 2 is 1.19 bits per heavy atom. The van der Waals surface area contributed by atoms with Gasteiger partial charge in [-0.2, -0.15) is 0 Å². The fourth-order valence-electron chi connectivity index (χ4n) is 7.70. The highest BCUT2D eigenvalue weighted by atomic mass is 16.2. The van der Waals surface area contributed by atoms with E-state index in [0.29, 0.717) is 45.2 Å². The van der Waals surface area contributed by atoms with Crippen LogP contribution in [0.5, 0.6) is 0 Å². The van der Waals surface area contributed by atoms with E-state index in [4.69, 9.17) is 0 Å². The molecule has 7 heteroatoms. The van der Waals surface area contributed by atoms with E-state index in [1.165, 1.54) is 19.3 Å². The van der Waals surface area contributed by atoms with Gasteiger partial charge in [0.05, 0.1) is 5.41 Å². The molecule has 6 fully saturated rings. The maximum atomic E-state index is 13.6. The molecule has 0 radical (unpaired) electrons. The Kier molecular flexibility index (Phi) is 5.41. The predicted molar refractivity (Wildman–Crippen MR) is 117 cm³/mol. The summed E-state index contributed by atoms with van der Waals surface area (Å²) >= 11 is 0. The van der Waals surface area contributed by atoms with Crippen LogP contribution >= 0.6 is 0 Å². The lowest BCUT2D eigenvalue weighted by atomic mass is 9.49. The second kappa shape index (κ2) is 7.96. The van der Waals surface area contributed by atoms with Crippen molar-refractivity contribution in [3.8, 4) is 0 Å². The fraction of sp³-hybridized carbons (Fsp3) is 0.875. The summed E-state index contributed by atoms with van der Waals surface area (Å²) in [5, 5.41) is 0. The normalized spacial score (nSPS) is 35.4. The van der Waals surface area contributed by atoms with Gasteiger partial charge in [0.25, 0.3) is 0 Å². The molecule has 0 unspecified atom stereocenters. The van der Waals surface area contributed by atoms with Crippen LogP contribution in [-0.2, 0) is 9.59 Å². The number of rotatable bonds is 2. The minimum atomic E-state index is -0.0767. The molecule has 4 saturated carbocycles. The van der Waals surface area contributed by atoms with Gasteiger partial charge in [0.2, 0.25) is 11.8 Å². The number of hydrogen-bond donors (Lipinski definition) is 0. The first-order valence-electron chi connectivity index (χ1n) is 12.4.